The van der Waals surface area contributed by atoms with Crippen molar-refractivity contribution in [1.82, 2.24) is 0 Å². The molecule has 1 aliphatic heterocycles. The summed E-state index contributed by atoms with van der Waals surface area (Å²) < 4.78 is 10.8. The lowest BCUT2D eigenvalue weighted by Crippen LogP contribution is -2.24. The predicted molar refractivity (Wildman–Crippen MR) is 60.0 cm³/mol. The molecule has 1 aromatic carbocycles. The lowest BCUT2D eigenvalue weighted by molar-refractivity contribution is -0.154. The average Bonchev–Trinajstić information content (AvgIpc) is 2.56. The standard InChI is InChI=1S/C13H14O3/c1-4-13(2,3)16-12-10-8-6-5-7-9(10)11(14)15-12/h4-8,12H,1H2,2-3H3. The summed E-state index contributed by atoms with van der Waals surface area (Å²) in [6.07, 6.45) is 1.05. The van der Waals surface area contributed by atoms with E-state index in [0.717, 1.165) is 5.56 Å². The lowest BCUT2D eigenvalue weighted by Gasteiger charge is -2.24. The maximum Gasteiger partial charge on any atom is 0.341 e. The zero-order valence-electron chi connectivity index (χ0n) is 9.40. The first kappa shape index (κ1) is 10.9. The number of rotatable bonds is 3. The monoisotopic (exact) mass is 218 g/mol. The quantitative estimate of drug-likeness (QED) is 0.578. The molecule has 1 unspecified atom stereocenters. The second-order valence-electron chi connectivity index (χ2n) is 4.25. The van der Waals surface area contributed by atoms with Crippen molar-refractivity contribution >= 4 is 5.97 Å². The summed E-state index contributed by atoms with van der Waals surface area (Å²) in [6, 6.07) is 7.24. The van der Waals surface area contributed by atoms with Crippen LogP contribution in [0.25, 0.3) is 0 Å². The molecule has 3 nitrogen and oxygen atoms in total. The number of hydrogen-bond donors (Lipinski definition) is 0. The van der Waals surface area contributed by atoms with Crippen LogP contribution in [-0.4, -0.2) is 11.6 Å². The van der Waals surface area contributed by atoms with Crippen molar-refractivity contribution in [2.24, 2.45) is 0 Å². The number of carbonyl (C=O) groups excluding carboxylic acids is 1. The van der Waals surface area contributed by atoms with E-state index in [1.165, 1.54) is 0 Å². The van der Waals surface area contributed by atoms with Gasteiger partial charge in [-0.25, -0.2) is 4.79 Å². The zero-order chi connectivity index (χ0) is 11.8. The third kappa shape index (κ3) is 1.86. The molecule has 16 heavy (non-hydrogen) atoms. The van der Waals surface area contributed by atoms with Crippen LogP contribution < -0.4 is 0 Å². The molecule has 0 aromatic heterocycles. The number of carbonyl (C=O) groups is 1. The van der Waals surface area contributed by atoms with Gasteiger partial charge in [-0.3, -0.25) is 0 Å². The second-order valence-corrected chi connectivity index (χ2v) is 4.25. The van der Waals surface area contributed by atoms with Crippen LogP contribution in [0.5, 0.6) is 0 Å². The fourth-order valence-corrected chi connectivity index (χ4v) is 1.52. The highest BCUT2D eigenvalue weighted by Crippen LogP contribution is 2.34. The van der Waals surface area contributed by atoms with E-state index in [1.54, 1.807) is 18.2 Å². The summed E-state index contributed by atoms with van der Waals surface area (Å²) in [5.41, 5.74) is 0.831. The SMILES string of the molecule is C=CC(C)(C)OC1OC(=O)c2ccccc21. The number of benzene rings is 1. The summed E-state index contributed by atoms with van der Waals surface area (Å²) in [5.74, 6) is -0.333. The van der Waals surface area contributed by atoms with E-state index in [9.17, 15) is 4.79 Å². The van der Waals surface area contributed by atoms with Crippen molar-refractivity contribution in [2.75, 3.05) is 0 Å². The molecule has 0 amide bonds. The summed E-state index contributed by atoms with van der Waals surface area (Å²) in [5, 5.41) is 0. The van der Waals surface area contributed by atoms with E-state index in [1.807, 2.05) is 26.0 Å². The van der Waals surface area contributed by atoms with Crippen LogP contribution in [0, 0.1) is 0 Å². The molecule has 0 aliphatic carbocycles. The first-order valence-electron chi connectivity index (χ1n) is 5.15. The molecule has 0 saturated carbocycles. The number of hydrogen-bond acceptors (Lipinski definition) is 3. The molecule has 84 valence electrons. The highest BCUT2D eigenvalue weighted by Gasteiger charge is 2.34. The molecule has 0 saturated heterocycles. The average molecular weight is 218 g/mol. The Balaban J connectivity index is 2.28. The van der Waals surface area contributed by atoms with E-state index < -0.39 is 11.9 Å². The molecule has 1 aliphatic rings. The first-order chi connectivity index (χ1) is 7.53. The van der Waals surface area contributed by atoms with Gasteiger partial charge in [0, 0.05) is 5.56 Å². The number of fused-ring (bicyclic) bond motifs is 1. The molecule has 1 atom stereocenters. The van der Waals surface area contributed by atoms with E-state index in [0.29, 0.717) is 5.56 Å². The molecule has 2 rings (SSSR count). The molecule has 1 aromatic rings. The minimum Gasteiger partial charge on any atom is -0.428 e. The van der Waals surface area contributed by atoms with Crippen molar-refractivity contribution in [3.63, 3.8) is 0 Å². The highest BCUT2D eigenvalue weighted by molar-refractivity contribution is 5.93. The Labute approximate surface area is 94.7 Å². The van der Waals surface area contributed by atoms with Gasteiger partial charge in [0.05, 0.1) is 11.2 Å². The predicted octanol–water partition coefficient (Wildman–Crippen LogP) is 2.84. The van der Waals surface area contributed by atoms with Crippen LogP contribution in [0.4, 0.5) is 0 Å². The largest absolute Gasteiger partial charge is 0.428 e. The Morgan fingerprint density at radius 1 is 1.44 bits per heavy atom. The van der Waals surface area contributed by atoms with Crippen molar-refractivity contribution in [3.05, 3.63) is 48.0 Å². The normalized spacial score (nSPS) is 19.1. The molecule has 0 fully saturated rings. The lowest BCUT2D eigenvalue weighted by atomic mass is 10.1. The van der Waals surface area contributed by atoms with Gasteiger partial charge < -0.3 is 9.47 Å². The Hall–Kier alpha value is -1.61. The summed E-state index contributed by atoms with van der Waals surface area (Å²) in [4.78, 5) is 11.5. The van der Waals surface area contributed by atoms with Gasteiger partial charge in [-0.15, -0.1) is 6.58 Å². The van der Waals surface area contributed by atoms with Crippen molar-refractivity contribution in [2.45, 2.75) is 25.7 Å². The van der Waals surface area contributed by atoms with Crippen LogP contribution in [-0.2, 0) is 9.47 Å². The third-order valence-electron chi connectivity index (χ3n) is 2.55. The Morgan fingerprint density at radius 2 is 2.12 bits per heavy atom. The van der Waals surface area contributed by atoms with E-state index in [4.69, 9.17) is 9.47 Å². The molecule has 0 radical (unpaired) electrons. The molecule has 0 spiro atoms. The summed E-state index contributed by atoms with van der Waals surface area (Å²) in [7, 11) is 0. The van der Waals surface area contributed by atoms with E-state index in [2.05, 4.69) is 6.58 Å². The molecular formula is C13H14O3. The molecule has 0 bridgehead atoms. The second kappa shape index (κ2) is 3.76. The van der Waals surface area contributed by atoms with E-state index in [-0.39, 0.29) is 5.97 Å². The van der Waals surface area contributed by atoms with E-state index >= 15 is 0 Å². The summed E-state index contributed by atoms with van der Waals surface area (Å²) >= 11 is 0. The van der Waals surface area contributed by atoms with Gasteiger partial charge >= 0.3 is 5.97 Å². The maximum atomic E-state index is 11.5. The highest BCUT2D eigenvalue weighted by atomic mass is 16.7. The van der Waals surface area contributed by atoms with Crippen LogP contribution in [0.2, 0.25) is 0 Å². The topological polar surface area (TPSA) is 35.5 Å². The molecule has 3 heteroatoms. The fraction of sp³-hybridized carbons (Fsp3) is 0.308. The van der Waals surface area contributed by atoms with Crippen LogP contribution >= 0.6 is 0 Å². The number of ether oxygens (including phenoxy) is 2. The zero-order valence-corrected chi connectivity index (χ0v) is 9.40. The van der Waals surface area contributed by atoms with Crippen molar-refractivity contribution in [1.29, 1.82) is 0 Å². The van der Waals surface area contributed by atoms with Crippen molar-refractivity contribution < 1.29 is 14.3 Å². The maximum absolute atomic E-state index is 11.5. The minimum atomic E-state index is -0.628. The van der Waals surface area contributed by atoms with Gasteiger partial charge in [0.2, 0.25) is 6.29 Å². The Morgan fingerprint density at radius 3 is 2.81 bits per heavy atom. The third-order valence-corrected chi connectivity index (χ3v) is 2.55. The summed E-state index contributed by atoms with van der Waals surface area (Å²) in [6.45, 7) is 7.42. The number of esters is 1. The van der Waals surface area contributed by atoms with Gasteiger partial charge in [0.15, 0.2) is 0 Å². The fourth-order valence-electron chi connectivity index (χ4n) is 1.52. The van der Waals surface area contributed by atoms with Gasteiger partial charge in [-0.1, -0.05) is 24.3 Å². The van der Waals surface area contributed by atoms with Gasteiger partial charge in [0.1, 0.15) is 0 Å². The van der Waals surface area contributed by atoms with Gasteiger partial charge in [-0.05, 0) is 19.9 Å². The molecular weight excluding hydrogens is 204 g/mol. The van der Waals surface area contributed by atoms with Crippen LogP contribution in [0.15, 0.2) is 36.9 Å². The first-order valence-corrected chi connectivity index (χ1v) is 5.15. The number of cyclic esters (lactones) is 1. The van der Waals surface area contributed by atoms with Crippen molar-refractivity contribution in [3.8, 4) is 0 Å². The van der Waals surface area contributed by atoms with Crippen LogP contribution in [0.3, 0.4) is 0 Å². The van der Waals surface area contributed by atoms with Gasteiger partial charge in [-0.2, -0.15) is 0 Å². The Bertz CT molecular complexity index is 435. The smallest absolute Gasteiger partial charge is 0.341 e. The minimum absolute atomic E-state index is 0.333. The molecule has 0 N–H and O–H groups in total. The molecule has 1 heterocycles. The van der Waals surface area contributed by atoms with Crippen LogP contribution in [0.1, 0.15) is 36.1 Å². The Kier molecular flexibility index (Phi) is 2.56. The van der Waals surface area contributed by atoms with Gasteiger partial charge in [0.25, 0.3) is 0 Å².